The van der Waals surface area contributed by atoms with Crippen LogP contribution in [-0.4, -0.2) is 50.2 Å². The fourth-order valence-corrected chi connectivity index (χ4v) is 3.53. The first-order valence-corrected chi connectivity index (χ1v) is 10.1. The molecular weight excluding hydrogens is 364 g/mol. The summed E-state index contributed by atoms with van der Waals surface area (Å²) >= 11 is 0. The van der Waals surface area contributed by atoms with Crippen LogP contribution in [0.5, 0.6) is 0 Å². The molecule has 0 atom stereocenters. The van der Waals surface area contributed by atoms with Crippen LogP contribution in [-0.2, 0) is 17.8 Å². The molecule has 3 heterocycles. The predicted octanol–water partition coefficient (Wildman–Crippen LogP) is 2.77. The van der Waals surface area contributed by atoms with Gasteiger partial charge < -0.3 is 10.6 Å². The lowest BCUT2D eigenvalue weighted by Crippen LogP contribution is -2.24. The summed E-state index contributed by atoms with van der Waals surface area (Å²) in [6, 6.07) is 9.66. The van der Waals surface area contributed by atoms with Crippen LogP contribution in [0.15, 0.2) is 48.9 Å². The molecule has 0 unspecified atom stereocenters. The molecule has 1 amide bonds. The molecule has 0 bridgehead atoms. The highest BCUT2D eigenvalue weighted by atomic mass is 16.1. The van der Waals surface area contributed by atoms with Gasteiger partial charge in [-0.1, -0.05) is 19.9 Å². The smallest absolute Gasteiger partial charge is 0.239 e. The van der Waals surface area contributed by atoms with E-state index in [9.17, 15) is 4.79 Å². The van der Waals surface area contributed by atoms with Crippen molar-refractivity contribution in [3.63, 3.8) is 0 Å². The molecule has 0 fully saturated rings. The van der Waals surface area contributed by atoms with E-state index in [1.807, 2.05) is 30.3 Å². The number of rotatable bonds is 10. The minimum atomic E-state index is -0.431. The maximum Gasteiger partial charge on any atom is 0.239 e. The molecule has 2 N–H and O–H groups in total. The normalized spacial score (nSPS) is 11.1. The Morgan fingerprint density at radius 2 is 1.97 bits per heavy atom. The van der Waals surface area contributed by atoms with Crippen LogP contribution in [0.2, 0.25) is 0 Å². The van der Waals surface area contributed by atoms with Gasteiger partial charge in [0.05, 0.1) is 17.1 Å². The summed E-state index contributed by atoms with van der Waals surface area (Å²) in [4.78, 5) is 22.9. The lowest BCUT2D eigenvalue weighted by Gasteiger charge is -2.17. The van der Waals surface area contributed by atoms with E-state index in [0.29, 0.717) is 0 Å². The fraction of sp³-hybridized carbons (Fsp3) is 0.364. The Kier molecular flexibility index (Phi) is 7.08. The van der Waals surface area contributed by atoms with Crippen molar-refractivity contribution in [2.24, 2.45) is 5.73 Å². The van der Waals surface area contributed by atoms with Crippen LogP contribution >= 0.6 is 0 Å². The van der Waals surface area contributed by atoms with Crippen molar-refractivity contribution < 1.29 is 4.79 Å². The zero-order chi connectivity index (χ0) is 20.6. The van der Waals surface area contributed by atoms with Crippen molar-refractivity contribution in [1.29, 1.82) is 0 Å². The molecule has 0 aliphatic rings. The van der Waals surface area contributed by atoms with E-state index in [4.69, 9.17) is 10.8 Å². The van der Waals surface area contributed by atoms with Gasteiger partial charge in [-0.15, -0.1) is 0 Å². The highest BCUT2D eigenvalue weighted by Gasteiger charge is 2.22. The van der Waals surface area contributed by atoms with Gasteiger partial charge in [-0.2, -0.15) is 5.10 Å². The van der Waals surface area contributed by atoms with Crippen molar-refractivity contribution in [3.05, 3.63) is 54.6 Å². The van der Waals surface area contributed by atoms with E-state index in [2.05, 4.69) is 28.7 Å². The molecule has 0 saturated carbocycles. The van der Waals surface area contributed by atoms with Crippen LogP contribution < -0.4 is 5.73 Å². The van der Waals surface area contributed by atoms with Crippen molar-refractivity contribution in [1.82, 2.24) is 24.6 Å². The zero-order valence-corrected chi connectivity index (χ0v) is 17.1. The van der Waals surface area contributed by atoms with Crippen LogP contribution in [0.4, 0.5) is 0 Å². The zero-order valence-electron chi connectivity index (χ0n) is 17.1. The second-order valence-corrected chi connectivity index (χ2v) is 6.88. The average molecular weight is 393 g/mol. The Morgan fingerprint density at radius 1 is 1.14 bits per heavy atom. The van der Waals surface area contributed by atoms with E-state index >= 15 is 0 Å². The number of primary amides is 1. The molecule has 0 aromatic carbocycles. The molecule has 29 heavy (non-hydrogen) atoms. The van der Waals surface area contributed by atoms with Gasteiger partial charge in [0.1, 0.15) is 6.54 Å². The molecule has 152 valence electrons. The third-order valence-electron chi connectivity index (χ3n) is 4.97. The Balaban J connectivity index is 2.07. The number of hydrogen-bond acceptors (Lipinski definition) is 5. The van der Waals surface area contributed by atoms with Crippen molar-refractivity contribution in [2.45, 2.75) is 33.2 Å². The largest absolute Gasteiger partial charge is 0.368 e. The Bertz CT molecular complexity index is 919. The van der Waals surface area contributed by atoms with Gasteiger partial charge in [0.15, 0.2) is 0 Å². The van der Waals surface area contributed by atoms with Crippen molar-refractivity contribution >= 4 is 5.91 Å². The second kappa shape index (κ2) is 9.93. The second-order valence-electron chi connectivity index (χ2n) is 6.88. The summed E-state index contributed by atoms with van der Waals surface area (Å²) in [7, 11) is 0. The summed E-state index contributed by atoms with van der Waals surface area (Å²) in [6.45, 7) is 7.41. The van der Waals surface area contributed by atoms with E-state index in [1.54, 1.807) is 23.3 Å². The van der Waals surface area contributed by atoms with E-state index in [-0.39, 0.29) is 6.54 Å². The Labute approximate surface area is 171 Å². The molecule has 0 radical (unpaired) electrons. The van der Waals surface area contributed by atoms with E-state index < -0.39 is 5.91 Å². The van der Waals surface area contributed by atoms with Gasteiger partial charge in [-0.3, -0.25) is 19.4 Å². The number of hydrogen-bond donors (Lipinski definition) is 1. The third-order valence-corrected chi connectivity index (χ3v) is 4.97. The quantitative estimate of drug-likeness (QED) is 0.573. The van der Waals surface area contributed by atoms with Gasteiger partial charge in [0.25, 0.3) is 0 Å². The van der Waals surface area contributed by atoms with E-state index in [0.717, 1.165) is 60.7 Å². The standard InChI is InChI=1S/C22H28N6O/c1-3-27(4-2)14-8-11-19-21(18-10-5-6-13-25-18)22(17-9-7-12-24-15-17)28(26-19)16-20(23)29/h5-7,9-10,12-13,15H,3-4,8,11,14,16H2,1-2H3,(H2,23,29). The molecule has 0 saturated heterocycles. The number of amides is 1. The average Bonchev–Trinajstić information content (AvgIpc) is 3.09. The number of aromatic nitrogens is 4. The monoisotopic (exact) mass is 392 g/mol. The summed E-state index contributed by atoms with van der Waals surface area (Å²) in [6.07, 6.45) is 7.04. The van der Waals surface area contributed by atoms with Gasteiger partial charge in [0, 0.05) is 29.7 Å². The first-order chi connectivity index (χ1) is 14.1. The number of nitrogens with two attached hydrogens (primary N) is 1. The van der Waals surface area contributed by atoms with Crippen LogP contribution in [0, 0.1) is 0 Å². The molecule has 7 nitrogen and oxygen atoms in total. The molecule has 7 heteroatoms. The van der Waals surface area contributed by atoms with Crippen LogP contribution in [0.1, 0.15) is 26.0 Å². The SMILES string of the molecule is CCN(CC)CCCc1nn(CC(N)=O)c(-c2cccnc2)c1-c1ccccn1. The van der Waals surface area contributed by atoms with Crippen molar-refractivity contribution in [2.75, 3.05) is 19.6 Å². The molecular formula is C22H28N6O. The molecule has 0 spiro atoms. The summed E-state index contributed by atoms with van der Waals surface area (Å²) < 4.78 is 1.69. The molecule has 3 rings (SSSR count). The highest BCUT2D eigenvalue weighted by Crippen LogP contribution is 2.34. The lowest BCUT2D eigenvalue weighted by molar-refractivity contribution is -0.118. The third kappa shape index (κ3) is 5.06. The summed E-state index contributed by atoms with van der Waals surface area (Å²) in [5, 5.41) is 4.78. The first-order valence-electron chi connectivity index (χ1n) is 10.1. The van der Waals surface area contributed by atoms with Gasteiger partial charge in [-0.25, -0.2) is 0 Å². The van der Waals surface area contributed by atoms with Crippen LogP contribution in [0.3, 0.4) is 0 Å². The number of pyridine rings is 2. The summed E-state index contributed by atoms with van der Waals surface area (Å²) in [5.74, 6) is -0.431. The predicted molar refractivity (Wildman–Crippen MR) is 114 cm³/mol. The molecule has 3 aromatic rings. The Hall–Kier alpha value is -3.06. The minimum Gasteiger partial charge on any atom is -0.368 e. The fourth-order valence-electron chi connectivity index (χ4n) is 3.53. The maximum absolute atomic E-state index is 11.7. The Morgan fingerprint density at radius 3 is 2.59 bits per heavy atom. The minimum absolute atomic E-state index is 0.0140. The van der Waals surface area contributed by atoms with Gasteiger partial charge >= 0.3 is 0 Å². The maximum atomic E-state index is 11.7. The number of carbonyl (C=O) groups excluding carboxylic acids is 1. The molecule has 0 aliphatic heterocycles. The van der Waals surface area contributed by atoms with Crippen LogP contribution in [0.25, 0.3) is 22.5 Å². The number of aryl methyl sites for hydroxylation is 1. The van der Waals surface area contributed by atoms with Gasteiger partial charge in [-0.05, 0) is 56.7 Å². The summed E-state index contributed by atoms with van der Waals surface area (Å²) in [5.41, 5.74) is 9.92. The molecule has 3 aromatic heterocycles. The number of nitrogens with zero attached hydrogens (tertiary/aromatic N) is 5. The highest BCUT2D eigenvalue weighted by molar-refractivity contribution is 5.83. The number of carbonyl (C=O) groups is 1. The topological polar surface area (TPSA) is 89.9 Å². The first kappa shape index (κ1) is 20.7. The van der Waals surface area contributed by atoms with E-state index in [1.165, 1.54) is 0 Å². The van der Waals surface area contributed by atoms with Crippen molar-refractivity contribution in [3.8, 4) is 22.5 Å². The molecule has 0 aliphatic carbocycles. The van der Waals surface area contributed by atoms with Gasteiger partial charge in [0.2, 0.25) is 5.91 Å². The lowest BCUT2D eigenvalue weighted by atomic mass is 10.0.